The maximum atomic E-state index is 12.6. The Bertz CT molecular complexity index is 513. The second-order valence-corrected chi connectivity index (χ2v) is 5.83. The van der Waals surface area contributed by atoms with Crippen LogP contribution < -0.4 is 10.1 Å². The van der Waals surface area contributed by atoms with E-state index in [1.807, 2.05) is 17.9 Å². The number of hydrogen-bond donors (Lipinski definition) is 1. The summed E-state index contributed by atoms with van der Waals surface area (Å²) in [6, 6.07) is 3.92. The fourth-order valence-electron chi connectivity index (χ4n) is 2.71. The molecule has 0 radical (unpaired) electrons. The van der Waals surface area contributed by atoms with Gasteiger partial charge in [-0.05, 0) is 38.3 Å². The smallest absolute Gasteiger partial charge is 0.322 e. The standard InChI is InChI=1S/C16H23N3O3/c1-2-22-15-14(4-3-8-17-15)18-16(20)19(13-5-6-13)10-12-7-9-21-11-12/h3-4,8,12-13H,2,5-7,9-11H2,1H3,(H,18,20)/t12-/m0/s1. The van der Waals surface area contributed by atoms with Gasteiger partial charge in [0.05, 0.1) is 13.2 Å². The van der Waals surface area contributed by atoms with E-state index in [4.69, 9.17) is 9.47 Å². The summed E-state index contributed by atoms with van der Waals surface area (Å²) in [7, 11) is 0. The molecule has 6 nitrogen and oxygen atoms in total. The molecule has 1 atom stereocenters. The van der Waals surface area contributed by atoms with Gasteiger partial charge in [0.1, 0.15) is 5.69 Å². The van der Waals surface area contributed by atoms with Gasteiger partial charge >= 0.3 is 6.03 Å². The number of nitrogens with zero attached hydrogens (tertiary/aromatic N) is 2. The third-order valence-electron chi connectivity index (χ3n) is 4.02. The second-order valence-electron chi connectivity index (χ2n) is 5.83. The topological polar surface area (TPSA) is 63.7 Å². The van der Waals surface area contributed by atoms with Crippen molar-refractivity contribution < 1.29 is 14.3 Å². The van der Waals surface area contributed by atoms with Crippen LogP contribution in [0.3, 0.4) is 0 Å². The number of amides is 2. The van der Waals surface area contributed by atoms with E-state index in [0.29, 0.717) is 30.1 Å². The fourth-order valence-corrected chi connectivity index (χ4v) is 2.71. The van der Waals surface area contributed by atoms with E-state index in [1.54, 1.807) is 12.3 Å². The molecule has 1 aromatic heterocycles. The average molecular weight is 305 g/mol. The molecule has 1 aliphatic carbocycles. The van der Waals surface area contributed by atoms with Crippen molar-refractivity contribution in [3.05, 3.63) is 18.3 Å². The van der Waals surface area contributed by atoms with Crippen LogP contribution >= 0.6 is 0 Å². The third-order valence-corrected chi connectivity index (χ3v) is 4.02. The van der Waals surface area contributed by atoms with Gasteiger partial charge in [0.2, 0.25) is 5.88 Å². The number of carbonyl (C=O) groups is 1. The SMILES string of the molecule is CCOc1ncccc1NC(=O)N(C[C@@H]1CCOC1)C1CC1. The summed E-state index contributed by atoms with van der Waals surface area (Å²) in [4.78, 5) is 18.7. The Morgan fingerprint density at radius 3 is 3.05 bits per heavy atom. The Morgan fingerprint density at radius 2 is 2.36 bits per heavy atom. The highest BCUT2D eigenvalue weighted by atomic mass is 16.5. The summed E-state index contributed by atoms with van der Waals surface area (Å²) in [6.07, 6.45) is 4.88. The molecular weight excluding hydrogens is 282 g/mol. The van der Waals surface area contributed by atoms with Crippen molar-refractivity contribution in [2.45, 2.75) is 32.2 Å². The molecule has 2 aliphatic rings. The molecule has 120 valence electrons. The van der Waals surface area contributed by atoms with E-state index in [9.17, 15) is 4.79 Å². The first-order valence-corrected chi connectivity index (χ1v) is 8.01. The van der Waals surface area contributed by atoms with Crippen molar-refractivity contribution in [2.24, 2.45) is 5.92 Å². The van der Waals surface area contributed by atoms with Crippen LogP contribution in [0.5, 0.6) is 5.88 Å². The number of urea groups is 1. The zero-order valence-electron chi connectivity index (χ0n) is 13.0. The molecule has 0 spiro atoms. The van der Waals surface area contributed by atoms with Crippen molar-refractivity contribution in [1.29, 1.82) is 0 Å². The molecule has 1 saturated heterocycles. The Kier molecular flexibility index (Phi) is 4.77. The highest BCUT2D eigenvalue weighted by molar-refractivity contribution is 5.91. The molecule has 0 aromatic carbocycles. The second kappa shape index (κ2) is 6.96. The molecule has 1 aliphatic heterocycles. The lowest BCUT2D eigenvalue weighted by atomic mass is 10.1. The summed E-state index contributed by atoms with van der Waals surface area (Å²) >= 11 is 0. The molecule has 1 aromatic rings. The maximum Gasteiger partial charge on any atom is 0.322 e. The van der Waals surface area contributed by atoms with E-state index in [0.717, 1.165) is 39.0 Å². The minimum atomic E-state index is -0.0663. The van der Waals surface area contributed by atoms with Gasteiger partial charge in [-0.2, -0.15) is 0 Å². The first-order chi connectivity index (χ1) is 10.8. The van der Waals surface area contributed by atoms with Gasteiger partial charge in [-0.1, -0.05) is 0 Å². The normalized spacial score (nSPS) is 20.7. The van der Waals surface area contributed by atoms with Crippen LogP contribution in [0.4, 0.5) is 10.5 Å². The number of carbonyl (C=O) groups excluding carboxylic acids is 1. The van der Waals surface area contributed by atoms with E-state index in [1.165, 1.54) is 0 Å². The summed E-state index contributed by atoms with van der Waals surface area (Å²) in [6.45, 7) is 4.75. The average Bonchev–Trinajstić information content (AvgIpc) is 3.23. The van der Waals surface area contributed by atoms with Crippen molar-refractivity contribution >= 4 is 11.7 Å². The molecule has 22 heavy (non-hydrogen) atoms. The monoisotopic (exact) mass is 305 g/mol. The van der Waals surface area contributed by atoms with Crippen LogP contribution in [-0.4, -0.2) is 48.3 Å². The third kappa shape index (κ3) is 3.68. The fraction of sp³-hybridized carbons (Fsp3) is 0.625. The molecular formula is C16H23N3O3. The van der Waals surface area contributed by atoms with Gasteiger partial charge in [-0.3, -0.25) is 0 Å². The van der Waals surface area contributed by atoms with Crippen LogP contribution in [0.2, 0.25) is 0 Å². The largest absolute Gasteiger partial charge is 0.476 e. The number of nitrogens with one attached hydrogen (secondary N) is 1. The Morgan fingerprint density at radius 1 is 1.50 bits per heavy atom. The van der Waals surface area contributed by atoms with Crippen LogP contribution in [-0.2, 0) is 4.74 Å². The van der Waals surface area contributed by atoms with Gasteiger partial charge in [-0.15, -0.1) is 0 Å². The van der Waals surface area contributed by atoms with Crippen LogP contribution in [0, 0.1) is 5.92 Å². The summed E-state index contributed by atoms with van der Waals surface area (Å²) < 4.78 is 10.9. The lowest BCUT2D eigenvalue weighted by Crippen LogP contribution is -2.40. The molecule has 2 amide bonds. The quantitative estimate of drug-likeness (QED) is 0.877. The zero-order chi connectivity index (χ0) is 15.4. The Balaban J connectivity index is 1.65. The molecule has 6 heteroatoms. The molecule has 0 bridgehead atoms. The molecule has 3 rings (SSSR count). The van der Waals surface area contributed by atoms with Crippen LogP contribution in [0.15, 0.2) is 18.3 Å². The number of ether oxygens (including phenoxy) is 2. The number of hydrogen-bond acceptors (Lipinski definition) is 4. The molecule has 2 fully saturated rings. The first-order valence-electron chi connectivity index (χ1n) is 8.01. The molecule has 1 N–H and O–H groups in total. The number of aromatic nitrogens is 1. The minimum absolute atomic E-state index is 0.0663. The van der Waals surface area contributed by atoms with Gasteiger partial charge < -0.3 is 19.7 Å². The van der Waals surface area contributed by atoms with Gasteiger partial charge in [0.15, 0.2) is 0 Å². The maximum absolute atomic E-state index is 12.6. The first kappa shape index (κ1) is 15.1. The predicted molar refractivity (Wildman–Crippen MR) is 83.1 cm³/mol. The van der Waals surface area contributed by atoms with E-state index in [-0.39, 0.29) is 6.03 Å². The lowest BCUT2D eigenvalue weighted by molar-refractivity contribution is 0.167. The van der Waals surface area contributed by atoms with Gasteiger partial charge in [0.25, 0.3) is 0 Å². The minimum Gasteiger partial charge on any atom is -0.476 e. The highest BCUT2D eigenvalue weighted by Crippen LogP contribution is 2.30. The van der Waals surface area contributed by atoms with Gasteiger partial charge in [-0.25, -0.2) is 9.78 Å². The van der Waals surface area contributed by atoms with Crippen LogP contribution in [0.25, 0.3) is 0 Å². The zero-order valence-corrected chi connectivity index (χ0v) is 13.0. The number of pyridine rings is 1. The lowest BCUT2D eigenvalue weighted by Gasteiger charge is -2.25. The van der Waals surface area contributed by atoms with E-state index < -0.39 is 0 Å². The number of rotatable bonds is 6. The summed E-state index contributed by atoms with van der Waals surface area (Å²) in [5.74, 6) is 0.921. The van der Waals surface area contributed by atoms with E-state index in [2.05, 4.69) is 10.3 Å². The molecule has 0 unspecified atom stereocenters. The van der Waals surface area contributed by atoms with Crippen LogP contribution in [0.1, 0.15) is 26.2 Å². The van der Waals surface area contributed by atoms with Crippen molar-refractivity contribution in [3.8, 4) is 5.88 Å². The summed E-state index contributed by atoms with van der Waals surface area (Å²) in [5.41, 5.74) is 0.627. The molecule has 2 heterocycles. The van der Waals surface area contributed by atoms with Crippen molar-refractivity contribution in [2.75, 3.05) is 31.7 Å². The molecule has 1 saturated carbocycles. The Hall–Kier alpha value is -1.82. The van der Waals surface area contributed by atoms with Crippen molar-refractivity contribution in [1.82, 2.24) is 9.88 Å². The van der Waals surface area contributed by atoms with Gasteiger partial charge in [0, 0.05) is 31.3 Å². The van der Waals surface area contributed by atoms with E-state index >= 15 is 0 Å². The highest BCUT2D eigenvalue weighted by Gasteiger charge is 2.35. The number of anilines is 1. The predicted octanol–water partition coefficient (Wildman–Crippen LogP) is 2.51. The summed E-state index contributed by atoms with van der Waals surface area (Å²) in [5, 5.41) is 2.95. The van der Waals surface area contributed by atoms with Crippen molar-refractivity contribution in [3.63, 3.8) is 0 Å². The Labute approximate surface area is 130 Å².